The Hall–Kier alpha value is -2.89. The Morgan fingerprint density at radius 3 is 2.62 bits per heavy atom. The summed E-state index contributed by atoms with van der Waals surface area (Å²) in [5.74, 6) is 0. The van der Waals surface area contributed by atoms with Gasteiger partial charge in [0, 0.05) is 10.9 Å². The molecule has 1 N–H and O–H groups in total. The molecule has 0 spiro atoms. The molecule has 3 aromatic rings. The molecule has 0 aliphatic rings. The lowest BCUT2D eigenvalue weighted by Gasteiger charge is -2.10. The van der Waals surface area contributed by atoms with Crippen molar-refractivity contribution in [1.29, 1.82) is 5.26 Å². The number of aryl methyl sites for hydroxylation is 2. The maximum absolute atomic E-state index is 12.9. The summed E-state index contributed by atoms with van der Waals surface area (Å²) in [5.41, 5.74) is 5.27. The van der Waals surface area contributed by atoms with Gasteiger partial charge in [0.05, 0.1) is 22.0 Å². The predicted octanol–water partition coefficient (Wildman–Crippen LogP) is 6.44. The zero-order chi connectivity index (χ0) is 21.2. The molecule has 0 amide bonds. The van der Waals surface area contributed by atoms with Gasteiger partial charge in [-0.3, -0.25) is 5.43 Å². The van der Waals surface area contributed by atoms with Gasteiger partial charge in [0.2, 0.25) is 0 Å². The summed E-state index contributed by atoms with van der Waals surface area (Å²) < 4.78 is 38.7. The number of thiazole rings is 1. The van der Waals surface area contributed by atoms with Gasteiger partial charge in [-0.25, -0.2) is 4.98 Å². The van der Waals surface area contributed by atoms with Gasteiger partial charge in [0.15, 0.2) is 10.7 Å². The molecular formula is C20H14ClF3N4S. The highest BCUT2D eigenvalue weighted by Crippen LogP contribution is 2.34. The predicted molar refractivity (Wildman–Crippen MR) is 109 cm³/mol. The number of hydrazone groups is 1. The molecule has 1 aromatic heterocycles. The van der Waals surface area contributed by atoms with E-state index in [0.29, 0.717) is 10.7 Å². The molecule has 2 aromatic carbocycles. The Morgan fingerprint density at radius 1 is 1.21 bits per heavy atom. The fraction of sp³-hybridized carbons (Fsp3) is 0.150. The van der Waals surface area contributed by atoms with E-state index in [1.807, 2.05) is 38.1 Å². The largest absolute Gasteiger partial charge is 0.416 e. The second kappa shape index (κ2) is 8.23. The van der Waals surface area contributed by atoms with Crippen molar-refractivity contribution in [2.45, 2.75) is 20.0 Å². The van der Waals surface area contributed by atoms with Gasteiger partial charge in [-0.05, 0) is 37.6 Å². The topological polar surface area (TPSA) is 61.1 Å². The van der Waals surface area contributed by atoms with Crippen LogP contribution in [0.25, 0.3) is 11.3 Å². The van der Waals surface area contributed by atoms with E-state index in [2.05, 4.69) is 15.5 Å². The van der Waals surface area contributed by atoms with Crippen LogP contribution in [0.15, 0.2) is 46.9 Å². The molecule has 0 radical (unpaired) electrons. The second-order valence-electron chi connectivity index (χ2n) is 6.23. The molecule has 0 fully saturated rings. The minimum Gasteiger partial charge on any atom is -0.276 e. The molecule has 9 heteroatoms. The highest BCUT2D eigenvalue weighted by Gasteiger charge is 2.31. The Morgan fingerprint density at radius 2 is 1.97 bits per heavy atom. The third kappa shape index (κ3) is 4.75. The third-order valence-electron chi connectivity index (χ3n) is 4.05. The maximum atomic E-state index is 12.9. The van der Waals surface area contributed by atoms with E-state index in [9.17, 15) is 18.4 Å². The fourth-order valence-corrected chi connectivity index (χ4v) is 3.55. The van der Waals surface area contributed by atoms with Gasteiger partial charge in [-0.15, -0.1) is 11.3 Å². The molecule has 0 saturated carbocycles. The number of nitriles is 1. The lowest BCUT2D eigenvalue weighted by Crippen LogP contribution is -2.06. The number of aromatic nitrogens is 1. The summed E-state index contributed by atoms with van der Waals surface area (Å²) in [5, 5.41) is 15.5. The molecule has 0 saturated heterocycles. The number of nitrogens with one attached hydrogen (secondary N) is 1. The normalized spacial score (nSPS) is 12.0. The zero-order valence-corrected chi connectivity index (χ0v) is 16.9. The summed E-state index contributed by atoms with van der Waals surface area (Å²) in [6, 6.07) is 10.7. The van der Waals surface area contributed by atoms with Crippen LogP contribution in [-0.2, 0) is 6.18 Å². The smallest absolute Gasteiger partial charge is 0.276 e. The van der Waals surface area contributed by atoms with E-state index < -0.39 is 11.7 Å². The quantitative estimate of drug-likeness (QED) is 0.379. The SMILES string of the molecule is Cc1ccc(-c2csc(/C(C#N)=N/Nc3cc(C(F)(F)F)ccc3Cl)n2)c(C)c1. The van der Waals surface area contributed by atoms with E-state index >= 15 is 0 Å². The van der Waals surface area contributed by atoms with Gasteiger partial charge in [-0.1, -0.05) is 35.4 Å². The van der Waals surface area contributed by atoms with Crippen molar-refractivity contribution in [1.82, 2.24) is 4.98 Å². The van der Waals surface area contributed by atoms with Crippen LogP contribution in [0, 0.1) is 25.2 Å². The van der Waals surface area contributed by atoms with Gasteiger partial charge >= 0.3 is 6.18 Å². The molecule has 148 valence electrons. The van der Waals surface area contributed by atoms with Crippen molar-refractivity contribution in [2.24, 2.45) is 5.10 Å². The summed E-state index contributed by atoms with van der Waals surface area (Å²) in [4.78, 5) is 4.45. The molecule has 0 aliphatic carbocycles. The molecule has 0 unspecified atom stereocenters. The summed E-state index contributed by atoms with van der Waals surface area (Å²) in [6.07, 6.45) is -4.51. The van der Waals surface area contributed by atoms with Crippen LogP contribution in [0.2, 0.25) is 5.02 Å². The average molecular weight is 435 g/mol. The first-order chi connectivity index (χ1) is 13.7. The molecule has 29 heavy (non-hydrogen) atoms. The zero-order valence-electron chi connectivity index (χ0n) is 15.3. The van der Waals surface area contributed by atoms with Gasteiger partial charge in [-0.2, -0.15) is 23.5 Å². The van der Waals surface area contributed by atoms with Crippen molar-refractivity contribution >= 4 is 34.3 Å². The van der Waals surface area contributed by atoms with Gasteiger partial charge in [0.1, 0.15) is 6.07 Å². The summed E-state index contributed by atoms with van der Waals surface area (Å²) in [6.45, 7) is 3.96. The van der Waals surface area contributed by atoms with Crippen molar-refractivity contribution in [3.8, 4) is 17.3 Å². The average Bonchev–Trinajstić information content (AvgIpc) is 3.12. The summed E-state index contributed by atoms with van der Waals surface area (Å²) in [7, 11) is 0. The van der Waals surface area contributed by atoms with Crippen molar-refractivity contribution in [3.63, 3.8) is 0 Å². The van der Waals surface area contributed by atoms with Crippen LogP contribution in [0.4, 0.5) is 18.9 Å². The molecule has 0 aliphatic heterocycles. The molecule has 0 atom stereocenters. The first-order valence-electron chi connectivity index (χ1n) is 8.33. The monoisotopic (exact) mass is 434 g/mol. The van der Waals surface area contributed by atoms with Crippen molar-refractivity contribution in [3.05, 3.63) is 68.5 Å². The number of hydrogen-bond acceptors (Lipinski definition) is 5. The van der Waals surface area contributed by atoms with Crippen LogP contribution in [0.3, 0.4) is 0 Å². The highest BCUT2D eigenvalue weighted by atomic mass is 35.5. The van der Waals surface area contributed by atoms with E-state index in [1.165, 1.54) is 11.3 Å². The second-order valence-corrected chi connectivity index (χ2v) is 7.50. The number of nitrogens with zero attached hydrogens (tertiary/aromatic N) is 3. The lowest BCUT2D eigenvalue weighted by atomic mass is 10.0. The number of rotatable bonds is 4. The maximum Gasteiger partial charge on any atom is 0.416 e. The fourth-order valence-electron chi connectivity index (χ4n) is 2.63. The van der Waals surface area contributed by atoms with E-state index in [-0.39, 0.29) is 16.4 Å². The standard InChI is InChI=1S/C20H14ClF3N4S/c1-11-3-5-14(12(2)7-11)18-10-29-19(26-18)17(9-25)28-27-16-8-13(20(22,23)24)4-6-15(16)21/h3-8,10,27H,1-2H3/b28-17+. The number of hydrogen-bond donors (Lipinski definition) is 1. The Bertz CT molecular complexity index is 1130. The molecular weight excluding hydrogens is 421 g/mol. The summed E-state index contributed by atoms with van der Waals surface area (Å²) >= 11 is 7.16. The Labute approximate surface area is 174 Å². The van der Waals surface area contributed by atoms with Crippen LogP contribution in [-0.4, -0.2) is 10.7 Å². The molecule has 1 heterocycles. The minimum atomic E-state index is -4.51. The van der Waals surface area contributed by atoms with Crippen LogP contribution in [0.5, 0.6) is 0 Å². The number of alkyl halides is 3. The van der Waals surface area contributed by atoms with Gasteiger partial charge < -0.3 is 0 Å². The first-order valence-corrected chi connectivity index (χ1v) is 9.59. The Balaban J connectivity index is 1.89. The number of halogens is 4. The van der Waals surface area contributed by atoms with E-state index in [0.717, 1.165) is 34.9 Å². The van der Waals surface area contributed by atoms with Crippen molar-refractivity contribution < 1.29 is 13.2 Å². The third-order valence-corrected chi connectivity index (χ3v) is 5.23. The molecule has 4 nitrogen and oxygen atoms in total. The van der Waals surface area contributed by atoms with Crippen LogP contribution in [0.1, 0.15) is 21.7 Å². The molecule has 0 bridgehead atoms. The van der Waals surface area contributed by atoms with E-state index in [1.54, 1.807) is 5.38 Å². The Kier molecular flexibility index (Phi) is 5.91. The van der Waals surface area contributed by atoms with Crippen LogP contribution >= 0.6 is 22.9 Å². The number of anilines is 1. The molecule has 3 rings (SSSR count). The van der Waals surface area contributed by atoms with Gasteiger partial charge in [0.25, 0.3) is 0 Å². The van der Waals surface area contributed by atoms with Crippen LogP contribution < -0.4 is 5.43 Å². The van der Waals surface area contributed by atoms with E-state index in [4.69, 9.17) is 11.6 Å². The minimum absolute atomic E-state index is 0.0501. The highest BCUT2D eigenvalue weighted by molar-refractivity contribution is 7.12. The first kappa shape index (κ1) is 20.8. The van der Waals surface area contributed by atoms with Crippen molar-refractivity contribution in [2.75, 3.05) is 5.43 Å². The number of benzene rings is 2. The lowest BCUT2D eigenvalue weighted by molar-refractivity contribution is -0.137.